The maximum Gasteiger partial charge on any atom is 0.315 e. The van der Waals surface area contributed by atoms with Crippen LogP contribution in [0.1, 0.15) is 33.1 Å². The molecule has 5 heteroatoms. The number of urea groups is 1. The van der Waals surface area contributed by atoms with E-state index in [9.17, 15) is 9.59 Å². The first-order chi connectivity index (χ1) is 7.50. The molecule has 3 unspecified atom stereocenters. The van der Waals surface area contributed by atoms with Crippen LogP contribution in [0.15, 0.2) is 0 Å². The van der Waals surface area contributed by atoms with Gasteiger partial charge in [-0.15, -0.1) is 0 Å². The van der Waals surface area contributed by atoms with E-state index < -0.39 is 5.97 Å². The molecule has 1 fully saturated rings. The number of rotatable bonds is 4. The lowest BCUT2D eigenvalue weighted by molar-refractivity contribution is -0.136. The van der Waals surface area contributed by atoms with Gasteiger partial charge in [-0.1, -0.05) is 13.8 Å². The molecule has 0 radical (unpaired) electrons. The molecular weight excluding hydrogens is 208 g/mol. The van der Waals surface area contributed by atoms with Crippen molar-refractivity contribution in [1.82, 2.24) is 10.6 Å². The molecule has 3 N–H and O–H groups in total. The van der Waals surface area contributed by atoms with Crippen molar-refractivity contribution in [3.05, 3.63) is 0 Å². The maximum atomic E-state index is 11.4. The average molecular weight is 228 g/mol. The topological polar surface area (TPSA) is 78.4 Å². The second-order valence-electron chi connectivity index (χ2n) is 4.56. The monoisotopic (exact) mass is 228 g/mol. The maximum absolute atomic E-state index is 11.4. The molecule has 0 spiro atoms. The molecule has 1 rings (SSSR count). The number of carbonyl (C=O) groups is 2. The van der Waals surface area contributed by atoms with Crippen LogP contribution in [0.25, 0.3) is 0 Å². The van der Waals surface area contributed by atoms with Gasteiger partial charge in [-0.2, -0.15) is 0 Å². The number of amides is 2. The van der Waals surface area contributed by atoms with Crippen molar-refractivity contribution in [3.63, 3.8) is 0 Å². The first-order valence-corrected chi connectivity index (χ1v) is 5.77. The predicted molar refractivity (Wildman–Crippen MR) is 60.1 cm³/mol. The number of hydrogen-bond acceptors (Lipinski definition) is 2. The Labute approximate surface area is 95.6 Å². The molecule has 2 amide bonds. The second kappa shape index (κ2) is 5.72. The van der Waals surface area contributed by atoms with Crippen molar-refractivity contribution in [2.24, 2.45) is 11.8 Å². The molecule has 0 aliphatic heterocycles. The van der Waals surface area contributed by atoms with Crippen LogP contribution in [0.5, 0.6) is 0 Å². The summed E-state index contributed by atoms with van der Waals surface area (Å²) < 4.78 is 0. The van der Waals surface area contributed by atoms with Gasteiger partial charge in [0.25, 0.3) is 0 Å². The van der Waals surface area contributed by atoms with Crippen molar-refractivity contribution in [3.8, 4) is 0 Å². The van der Waals surface area contributed by atoms with Crippen molar-refractivity contribution in [2.45, 2.75) is 39.2 Å². The van der Waals surface area contributed by atoms with Gasteiger partial charge in [0.05, 0.1) is 6.42 Å². The number of carboxylic acids is 1. The summed E-state index contributed by atoms with van der Waals surface area (Å²) in [5.74, 6) is 0.234. The number of nitrogens with one attached hydrogen (secondary N) is 2. The molecule has 16 heavy (non-hydrogen) atoms. The number of aliphatic carboxylic acids is 1. The van der Waals surface area contributed by atoms with E-state index >= 15 is 0 Å². The van der Waals surface area contributed by atoms with Crippen LogP contribution in [0.4, 0.5) is 4.79 Å². The van der Waals surface area contributed by atoms with Crippen molar-refractivity contribution in [2.75, 3.05) is 6.54 Å². The van der Waals surface area contributed by atoms with Crippen LogP contribution in [-0.4, -0.2) is 29.7 Å². The van der Waals surface area contributed by atoms with E-state index in [4.69, 9.17) is 5.11 Å². The van der Waals surface area contributed by atoms with Crippen molar-refractivity contribution in [1.29, 1.82) is 0 Å². The smallest absolute Gasteiger partial charge is 0.315 e. The number of carboxylic acid groups (broad SMARTS) is 1. The highest BCUT2D eigenvalue weighted by molar-refractivity contribution is 5.75. The Morgan fingerprint density at radius 3 is 2.50 bits per heavy atom. The van der Waals surface area contributed by atoms with E-state index in [-0.39, 0.29) is 25.0 Å². The zero-order valence-electron chi connectivity index (χ0n) is 9.82. The molecule has 0 aromatic heterocycles. The van der Waals surface area contributed by atoms with E-state index in [2.05, 4.69) is 24.5 Å². The van der Waals surface area contributed by atoms with Crippen LogP contribution in [-0.2, 0) is 4.79 Å². The predicted octanol–water partition coefficient (Wildman–Crippen LogP) is 1.19. The molecule has 0 bridgehead atoms. The van der Waals surface area contributed by atoms with Gasteiger partial charge < -0.3 is 15.7 Å². The molecule has 92 valence electrons. The van der Waals surface area contributed by atoms with Crippen LogP contribution in [0.3, 0.4) is 0 Å². The third-order valence-corrected chi connectivity index (χ3v) is 3.41. The van der Waals surface area contributed by atoms with E-state index in [1.165, 1.54) is 0 Å². The van der Waals surface area contributed by atoms with Crippen LogP contribution in [0, 0.1) is 11.8 Å². The summed E-state index contributed by atoms with van der Waals surface area (Å²) in [6.45, 7) is 4.51. The fourth-order valence-corrected chi connectivity index (χ4v) is 2.07. The van der Waals surface area contributed by atoms with Gasteiger partial charge in [-0.05, 0) is 24.7 Å². The van der Waals surface area contributed by atoms with Crippen molar-refractivity contribution < 1.29 is 14.7 Å². The Hall–Kier alpha value is -1.26. The molecule has 1 aliphatic rings. The van der Waals surface area contributed by atoms with E-state index in [0.29, 0.717) is 11.8 Å². The summed E-state index contributed by atoms with van der Waals surface area (Å²) >= 11 is 0. The van der Waals surface area contributed by atoms with Gasteiger partial charge in [0.2, 0.25) is 0 Å². The fourth-order valence-electron chi connectivity index (χ4n) is 2.07. The average Bonchev–Trinajstić information content (AvgIpc) is 2.49. The van der Waals surface area contributed by atoms with Crippen LogP contribution < -0.4 is 10.6 Å². The normalized spacial score (nSPS) is 28.8. The second-order valence-corrected chi connectivity index (χ2v) is 4.56. The van der Waals surface area contributed by atoms with Gasteiger partial charge >= 0.3 is 12.0 Å². The first kappa shape index (κ1) is 12.8. The molecule has 0 saturated heterocycles. The minimum Gasteiger partial charge on any atom is -0.481 e. The lowest BCUT2D eigenvalue weighted by atomic mass is 9.98. The Morgan fingerprint density at radius 1 is 1.31 bits per heavy atom. The summed E-state index contributed by atoms with van der Waals surface area (Å²) in [4.78, 5) is 21.7. The molecule has 0 aromatic carbocycles. The SMILES string of the molecule is CC1CCC(NC(=O)NCCC(=O)O)C1C. The van der Waals surface area contributed by atoms with E-state index in [1.807, 2.05) is 0 Å². The zero-order chi connectivity index (χ0) is 12.1. The van der Waals surface area contributed by atoms with Gasteiger partial charge in [0.1, 0.15) is 0 Å². The Morgan fingerprint density at radius 2 is 2.00 bits per heavy atom. The Bertz CT molecular complexity index is 268. The fraction of sp³-hybridized carbons (Fsp3) is 0.818. The van der Waals surface area contributed by atoms with Gasteiger partial charge in [-0.3, -0.25) is 4.79 Å². The Balaban J connectivity index is 2.21. The molecule has 0 aromatic rings. The van der Waals surface area contributed by atoms with Gasteiger partial charge in [0.15, 0.2) is 0 Å². The molecule has 0 heterocycles. The molecular formula is C11H20N2O3. The largest absolute Gasteiger partial charge is 0.481 e. The first-order valence-electron chi connectivity index (χ1n) is 5.77. The van der Waals surface area contributed by atoms with Gasteiger partial charge in [0, 0.05) is 12.6 Å². The lowest BCUT2D eigenvalue weighted by Gasteiger charge is -2.19. The molecule has 5 nitrogen and oxygen atoms in total. The highest BCUT2D eigenvalue weighted by atomic mass is 16.4. The minimum atomic E-state index is -0.900. The Kier molecular flexibility index (Phi) is 4.58. The third kappa shape index (κ3) is 3.72. The zero-order valence-corrected chi connectivity index (χ0v) is 9.82. The quantitative estimate of drug-likeness (QED) is 0.676. The summed E-state index contributed by atoms with van der Waals surface area (Å²) in [5.41, 5.74) is 0. The van der Waals surface area contributed by atoms with E-state index in [1.54, 1.807) is 0 Å². The number of hydrogen-bond donors (Lipinski definition) is 3. The standard InChI is InChI=1S/C11H20N2O3/c1-7-3-4-9(8(7)2)13-11(16)12-6-5-10(14)15/h7-9H,3-6H2,1-2H3,(H,14,15)(H2,12,13,16). The summed E-state index contributed by atoms with van der Waals surface area (Å²) in [6.07, 6.45) is 2.11. The minimum absolute atomic E-state index is 0.0377. The lowest BCUT2D eigenvalue weighted by Crippen LogP contribution is -2.44. The molecule has 1 aliphatic carbocycles. The summed E-state index contributed by atoms with van der Waals surface area (Å²) in [7, 11) is 0. The van der Waals surface area contributed by atoms with Crippen molar-refractivity contribution >= 4 is 12.0 Å². The van der Waals surface area contributed by atoms with Gasteiger partial charge in [-0.25, -0.2) is 4.79 Å². The van der Waals surface area contributed by atoms with Crippen LogP contribution >= 0.6 is 0 Å². The highest BCUT2D eigenvalue weighted by Crippen LogP contribution is 2.30. The van der Waals surface area contributed by atoms with E-state index in [0.717, 1.165) is 12.8 Å². The summed E-state index contributed by atoms with van der Waals surface area (Å²) in [5, 5.41) is 13.9. The molecule has 3 atom stereocenters. The number of carbonyl (C=O) groups excluding carboxylic acids is 1. The summed E-state index contributed by atoms with van der Waals surface area (Å²) in [6, 6.07) is -0.0352. The third-order valence-electron chi connectivity index (χ3n) is 3.41. The molecule has 1 saturated carbocycles. The van der Waals surface area contributed by atoms with Crippen LogP contribution in [0.2, 0.25) is 0 Å². The highest BCUT2D eigenvalue weighted by Gasteiger charge is 2.30.